The number of aromatic nitrogens is 2. The summed E-state index contributed by atoms with van der Waals surface area (Å²) in [7, 11) is 0. The Hall–Kier alpha value is -3.93. The molecule has 3 aromatic carbocycles. The first-order valence-corrected chi connectivity index (χ1v) is 11.3. The first-order valence-electron chi connectivity index (χ1n) is 11.3. The van der Waals surface area contributed by atoms with Gasteiger partial charge in [-0.2, -0.15) is 9.78 Å². The molecule has 1 amide bonds. The monoisotopic (exact) mass is 439 g/mol. The van der Waals surface area contributed by atoms with Crippen molar-refractivity contribution in [2.45, 2.75) is 25.8 Å². The fourth-order valence-electron chi connectivity index (χ4n) is 4.54. The van der Waals surface area contributed by atoms with E-state index in [0.717, 1.165) is 24.2 Å². The zero-order chi connectivity index (χ0) is 22.8. The van der Waals surface area contributed by atoms with E-state index >= 15 is 0 Å². The highest BCUT2D eigenvalue weighted by atomic mass is 16.5. The lowest BCUT2D eigenvalue weighted by Gasteiger charge is -2.25. The third-order valence-corrected chi connectivity index (χ3v) is 6.10. The van der Waals surface area contributed by atoms with Gasteiger partial charge < -0.3 is 9.64 Å². The van der Waals surface area contributed by atoms with E-state index in [-0.39, 0.29) is 17.5 Å². The predicted molar refractivity (Wildman–Crippen MR) is 128 cm³/mol. The second-order valence-electron chi connectivity index (χ2n) is 8.11. The van der Waals surface area contributed by atoms with Crippen LogP contribution in [0.25, 0.3) is 16.5 Å². The van der Waals surface area contributed by atoms with Crippen LogP contribution in [0.2, 0.25) is 0 Å². The van der Waals surface area contributed by atoms with E-state index in [4.69, 9.17) is 4.74 Å². The summed E-state index contributed by atoms with van der Waals surface area (Å²) in [4.78, 5) is 28.9. The Morgan fingerprint density at radius 1 is 0.970 bits per heavy atom. The summed E-state index contributed by atoms with van der Waals surface area (Å²) < 4.78 is 6.89. The summed E-state index contributed by atoms with van der Waals surface area (Å²) >= 11 is 0. The molecule has 6 nitrogen and oxygen atoms in total. The van der Waals surface area contributed by atoms with Gasteiger partial charge in [0.2, 0.25) is 0 Å². The van der Waals surface area contributed by atoms with E-state index in [0.29, 0.717) is 35.3 Å². The molecule has 0 radical (unpaired) electrons. The number of hydrogen-bond acceptors (Lipinski definition) is 4. The maximum atomic E-state index is 13.8. The van der Waals surface area contributed by atoms with Crippen molar-refractivity contribution < 1.29 is 9.53 Å². The highest BCUT2D eigenvalue weighted by molar-refractivity contribution is 6.05. The van der Waals surface area contributed by atoms with Gasteiger partial charge in [-0.05, 0) is 55.7 Å². The van der Waals surface area contributed by atoms with E-state index in [9.17, 15) is 9.59 Å². The molecular weight excluding hydrogens is 414 g/mol. The third kappa shape index (κ3) is 3.89. The van der Waals surface area contributed by atoms with Gasteiger partial charge in [0.1, 0.15) is 5.75 Å². The van der Waals surface area contributed by atoms with Gasteiger partial charge in [0.05, 0.1) is 23.7 Å². The van der Waals surface area contributed by atoms with Crippen molar-refractivity contribution >= 4 is 16.7 Å². The topological polar surface area (TPSA) is 64.4 Å². The van der Waals surface area contributed by atoms with Crippen LogP contribution in [0.15, 0.2) is 83.7 Å². The van der Waals surface area contributed by atoms with Crippen LogP contribution < -0.4 is 10.3 Å². The van der Waals surface area contributed by atoms with Crippen LogP contribution in [0.3, 0.4) is 0 Å². The molecule has 33 heavy (non-hydrogen) atoms. The van der Waals surface area contributed by atoms with Gasteiger partial charge in [0.25, 0.3) is 11.5 Å². The second-order valence-corrected chi connectivity index (χ2v) is 8.11. The summed E-state index contributed by atoms with van der Waals surface area (Å²) in [5.41, 5.74) is 1.77. The number of ether oxygens (including phenoxy) is 1. The van der Waals surface area contributed by atoms with Crippen LogP contribution in [0.5, 0.6) is 5.75 Å². The fraction of sp³-hybridized carbons (Fsp3) is 0.222. The van der Waals surface area contributed by atoms with Gasteiger partial charge in [0.15, 0.2) is 5.69 Å². The zero-order valence-electron chi connectivity index (χ0n) is 18.5. The highest BCUT2D eigenvalue weighted by Crippen LogP contribution is 2.34. The normalized spacial score (nSPS) is 15.7. The minimum Gasteiger partial charge on any atom is -0.494 e. The number of hydrogen-bond donors (Lipinski definition) is 0. The molecule has 1 atom stereocenters. The number of carbonyl (C=O) groups excluding carboxylic acids is 1. The molecule has 5 rings (SSSR count). The molecule has 2 heterocycles. The standard InChI is InChI=1S/C27H25N3O3/c1-2-33-21-16-14-19(15-17-21)24-13-8-18-29(24)27(32)25-22-11-6-7-12-23(22)26(31)30(28-25)20-9-4-3-5-10-20/h3-7,9-12,14-17,24H,2,8,13,18H2,1H3/t24-/m1/s1. The number of likely N-dealkylation sites (tertiary alicyclic amines) is 1. The molecule has 1 aromatic heterocycles. The number of carbonyl (C=O) groups is 1. The zero-order valence-corrected chi connectivity index (χ0v) is 18.5. The van der Waals surface area contributed by atoms with Crippen molar-refractivity contribution in [3.63, 3.8) is 0 Å². The summed E-state index contributed by atoms with van der Waals surface area (Å²) in [5.74, 6) is 0.659. The largest absolute Gasteiger partial charge is 0.494 e. The van der Waals surface area contributed by atoms with Gasteiger partial charge >= 0.3 is 0 Å². The van der Waals surface area contributed by atoms with Crippen LogP contribution in [0, 0.1) is 0 Å². The molecule has 0 saturated carbocycles. The number of rotatable bonds is 5. The molecule has 1 aliphatic rings. The van der Waals surface area contributed by atoms with E-state index in [1.807, 2.05) is 78.6 Å². The lowest BCUT2D eigenvalue weighted by Crippen LogP contribution is -2.34. The third-order valence-electron chi connectivity index (χ3n) is 6.10. The SMILES string of the molecule is CCOc1ccc([C@H]2CCCN2C(=O)c2nn(-c3ccccc3)c(=O)c3ccccc23)cc1. The maximum absolute atomic E-state index is 13.8. The average Bonchev–Trinajstić information content (AvgIpc) is 3.35. The Labute approximate surface area is 192 Å². The molecule has 1 saturated heterocycles. The minimum atomic E-state index is -0.238. The van der Waals surface area contributed by atoms with Gasteiger partial charge in [0, 0.05) is 11.9 Å². The molecule has 1 aliphatic heterocycles. The molecule has 0 N–H and O–H groups in total. The Kier molecular flexibility index (Phi) is 5.65. The van der Waals surface area contributed by atoms with Gasteiger partial charge in [-0.15, -0.1) is 0 Å². The quantitative estimate of drug-likeness (QED) is 0.450. The molecular formula is C27H25N3O3. The Morgan fingerprint density at radius 3 is 2.39 bits per heavy atom. The second kappa shape index (κ2) is 8.90. The lowest BCUT2D eigenvalue weighted by atomic mass is 10.0. The number of nitrogens with zero attached hydrogens (tertiary/aromatic N) is 3. The molecule has 0 unspecified atom stereocenters. The van der Waals surface area contributed by atoms with Crippen molar-refractivity contribution in [1.29, 1.82) is 0 Å². The molecule has 6 heteroatoms. The Morgan fingerprint density at radius 2 is 1.67 bits per heavy atom. The Bertz CT molecular complexity index is 1350. The molecule has 0 aliphatic carbocycles. The van der Waals surface area contributed by atoms with Crippen LogP contribution in [0.4, 0.5) is 0 Å². The predicted octanol–water partition coefficient (Wildman–Crippen LogP) is 4.76. The molecule has 0 spiro atoms. The van der Waals surface area contributed by atoms with Gasteiger partial charge in [-0.1, -0.05) is 48.5 Å². The minimum absolute atomic E-state index is 0.0363. The molecule has 4 aromatic rings. The van der Waals surface area contributed by atoms with Crippen molar-refractivity contribution in [1.82, 2.24) is 14.7 Å². The number of para-hydroxylation sites is 1. The number of benzene rings is 3. The van der Waals surface area contributed by atoms with Crippen molar-refractivity contribution in [3.05, 3.63) is 100 Å². The van der Waals surface area contributed by atoms with E-state index in [1.54, 1.807) is 12.1 Å². The number of amides is 1. The summed E-state index contributed by atoms with van der Waals surface area (Å²) in [6.07, 6.45) is 1.80. The van der Waals surface area contributed by atoms with Crippen molar-refractivity contribution in [2.24, 2.45) is 0 Å². The van der Waals surface area contributed by atoms with Crippen molar-refractivity contribution in [2.75, 3.05) is 13.2 Å². The van der Waals surface area contributed by atoms with E-state index < -0.39 is 0 Å². The average molecular weight is 440 g/mol. The van der Waals surface area contributed by atoms with Crippen LogP contribution in [0.1, 0.15) is 41.9 Å². The van der Waals surface area contributed by atoms with E-state index in [2.05, 4.69) is 5.10 Å². The molecule has 0 bridgehead atoms. The van der Waals surface area contributed by atoms with Crippen molar-refractivity contribution in [3.8, 4) is 11.4 Å². The Balaban J connectivity index is 1.57. The van der Waals surface area contributed by atoms with Crippen LogP contribution in [-0.2, 0) is 0 Å². The van der Waals surface area contributed by atoms with Gasteiger partial charge in [-0.3, -0.25) is 9.59 Å². The first kappa shape index (κ1) is 20.9. The molecule has 1 fully saturated rings. The highest BCUT2D eigenvalue weighted by Gasteiger charge is 2.33. The van der Waals surface area contributed by atoms with Gasteiger partial charge in [-0.25, -0.2) is 0 Å². The summed E-state index contributed by atoms with van der Waals surface area (Å²) in [6, 6.07) is 24.3. The summed E-state index contributed by atoms with van der Waals surface area (Å²) in [6.45, 7) is 3.22. The van der Waals surface area contributed by atoms with E-state index in [1.165, 1.54) is 4.68 Å². The summed E-state index contributed by atoms with van der Waals surface area (Å²) in [5, 5.41) is 5.64. The van der Waals surface area contributed by atoms with Crippen LogP contribution in [-0.4, -0.2) is 33.7 Å². The smallest absolute Gasteiger partial charge is 0.279 e. The first-order chi connectivity index (χ1) is 16.2. The lowest BCUT2D eigenvalue weighted by molar-refractivity contribution is 0.0730. The molecule has 166 valence electrons. The number of fused-ring (bicyclic) bond motifs is 1. The fourth-order valence-corrected chi connectivity index (χ4v) is 4.54. The maximum Gasteiger partial charge on any atom is 0.279 e. The van der Waals surface area contributed by atoms with Crippen LogP contribution >= 0.6 is 0 Å².